The average Bonchev–Trinajstić information content (AvgIpc) is 2.10. The van der Waals surface area contributed by atoms with Crippen LogP contribution < -0.4 is 0 Å². The fourth-order valence-corrected chi connectivity index (χ4v) is 5.34. The van der Waals surface area contributed by atoms with Crippen molar-refractivity contribution >= 4 is 10.3 Å². The number of hydrogen-bond acceptors (Lipinski definition) is 3. The Morgan fingerprint density at radius 3 is 1.67 bits per heavy atom. The standard InChI is InChI=1S/C13H24NO3S/c1-14(2,3)18(15,16)17-13-7-10-4-11(8-13)6-12(5-10)9-13/h10-12H,4-9H2,1-3H3/q+1. The molecule has 0 aromatic heterocycles. The smallest absolute Gasteiger partial charge is 0.219 e. The maximum absolute atomic E-state index is 12.3. The molecule has 4 fully saturated rings. The third-order valence-corrected chi connectivity index (χ3v) is 6.84. The van der Waals surface area contributed by atoms with Crippen molar-refractivity contribution in [3.8, 4) is 0 Å². The van der Waals surface area contributed by atoms with Crippen molar-refractivity contribution in [2.24, 2.45) is 17.8 Å². The molecular formula is C13H24NO3S+. The van der Waals surface area contributed by atoms with Crippen LogP contribution in [-0.4, -0.2) is 39.1 Å². The van der Waals surface area contributed by atoms with Crippen molar-refractivity contribution in [3.05, 3.63) is 0 Å². The van der Waals surface area contributed by atoms with Gasteiger partial charge in [-0.15, -0.1) is 8.42 Å². The second kappa shape index (κ2) is 3.70. The van der Waals surface area contributed by atoms with E-state index >= 15 is 0 Å². The molecule has 104 valence electrons. The number of nitrogens with zero attached hydrogens (tertiary/aromatic N) is 1. The van der Waals surface area contributed by atoms with E-state index < -0.39 is 10.3 Å². The summed E-state index contributed by atoms with van der Waals surface area (Å²) in [6.07, 6.45) is 6.77. The van der Waals surface area contributed by atoms with Gasteiger partial charge in [-0.3, -0.25) is 0 Å². The normalized spacial score (nSPS) is 43.4. The molecule has 4 aliphatic rings. The zero-order valence-corrected chi connectivity index (χ0v) is 12.4. The maximum atomic E-state index is 12.3. The molecule has 0 spiro atoms. The van der Waals surface area contributed by atoms with Gasteiger partial charge in [0, 0.05) is 0 Å². The molecule has 0 saturated heterocycles. The van der Waals surface area contributed by atoms with Gasteiger partial charge in [0.05, 0.1) is 26.7 Å². The maximum Gasteiger partial charge on any atom is 0.435 e. The van der Waals surface area contributed by atoms with Gasteiger partial charge in [-0.2, -0.15) is 0 Å². The second-order valence-electron chi connectivity index (χ2n) is 7.50. The van der Waals surface area contributed by atoms with Gasteiger partial charge in [0.25, 0.3) is 0 Å². The Balaban J connectivity index is 1.85. The minimum atomic E-state index is -3.52. The zero-order valence-electron chi connectivity index (χ0n) is 11.6. The summed E-state index contributed by atoms with van der Waals surface area (Å²) in [6, 6.07) is 0. The molecule has 0 amide bonds. The van der Waals surface area contributed by atoms with Gasteiger partial charge in [0.1, 0.15) is 0 Å². The lowest BCUT2D eigenvalue weighted by molar-refractivity contribution is -0.745. The Kier molecular flexibility index (Phi) is 2.65. The van der Waals surface area contributed by atoms with Gasteiger partial charge in [0.2, 0.25) is 0 Å². The average molecular weight is 274 g/mol. The molecule has 0 aromatic carbocycles. The van der Waals surface area contributed by atoms with E-state index in [-0.39, 0.29) is 9.49 Å². The summed E-state index contributed by atoms with van der Waals surface area (Å²) >= 11 is 0. The molecule has 5 heteroatoms. The molecule has 0 N–H and O–H groups in total. The molecule has 18 heavy (non-hydrogen) atoms. The van der Waals surface area contributed by atoms with E-state index in [0.29, 0.717) is 17.8 Å². The van der Waals surface area contributed by atoms with Crippen molar-refractivity contribution in [3.63, 3.8) is 0 Å². The first-order valence-electron chi connectivity index (χ1n) is 6.96. The molecule has 4 bridgehead atoms. The monoisotopic (exact) mass is 274 g/mol. The quantitative estimate of drug-likeness (QED) is 0.739. The van der Waals surface area contributed by atoms with E-state index in [4.69, 9.17) is 4.18 Å². The van der Waals surface area contributed by atoms with Gasteiger partial charge in [-0.25, -0.2) is 8.07 Å². The number of hydrogen-bond donors (Lipinski definition) is 0. The number of rotatable bonds is 3. The summed E-state index contributed by atoms with van der Waals surface area (Å²) in [4.78, 5) is 0. The van der Waals surface area contributed by atoms with Gasteiger partial charge in [-0.1, -0.05) is 0 Å². The van der Waals surface area contributed by atoms with Crippen LogP contribution in [0.1, 0.15) is 38.5 Å². The lowest BCUT2D eigenvalue weighted by Crippen LogP contribution is -2.55. The Morgan fingerprint density at radius 2 is 1.33 bits per heavy atom. The van der Waals surface area contributed by atoms with Crippen molar-refractivity contribution in [2.45, 2.75) is 44.1 Å². The van der Waals surface area contributed by atoms with E-state index in [1.165, 1.54) is 19.3 Å². The molecule has 4 aliphatic carbocycles. The topological polar surface area (TPSA) is 43.4 Å². The molecule has 0 aliphatic heterocycles. The molecule has 0 radical (unpaired) electrons. The molecule has 0 unspecified atom stereocenters. The third-order valence-electron chi connectivity index (χ3n) is 4.93. The van der Waals surface area contributed by atoms with Crippen LogP contribution in [0.5, 0.6) is 0 Å². The largest absolute Gasteiger partial charge is 0.435 e. The highest BCUT2D eigenvalue weighted by atomic mass is 32.2. The lowest BCUT2D eigenvalue weighted by Gasteiger charge is -2.55. The molecule has 0 heterocycles. The van der Waals surface area contributed by atoms with Crippen LogP contribution in [0.2, 0.25) is 0 Å². The summed E-state index contributed by atoms with van der Waals surface area (Å²) in [5, 5.41) is 0. The van der Waals surface area contributed by atoms with E-state index in [0.717, 1.165) is 19.3 Å². The Morgan fingerprint density at radius 1 is 0.944 bits per heavy atom. The molecule has 4 nitrogen and oxygen atoms in total. The van der Waals surface area contributed by atoms with E-state index in [1.54, 1.807) is 21.1 Å². The van der Waals surface area contributed by atoms with Crippen LogP contribution in [0.25, 0.3) is 0 Å². The van der Waals surface area contributed by atoms with Crippen molar-refractivity contribution in [1.29, 1.82) is 0 Å². The predicted octanol–water partition coefficient (Wildman–Crippen LogP) is 1.92. The predicted molar refractivity (Wildman–Crippen MR) is 68.9 cm³/mol. The highest BCUT2D eigenvalue weighted by molar-refractivity contribution is 7.81. The number of quaternary nitrogens is 1. The lowest BCUT2D eigenvalue weighted by atomic mass is 9.54. The van der Waals surface area contributed by atoms with Crippen LogP contribution in [0.3, 0.4) is 0 Å². The highest BCUT2D eigenvalue weighted by Crippen LogP contribution is 2.57. The van der Waals surface area contributed by atoms with Gasteiger partial charge >= 0.3 is 10.3 Å². The van der Waals surface area contributed by atoms with Crippen LogP contribution in [0, 0.1) is 17.8 Å². The summed E-state index contributed by atoms with van der Waals surface area (Å²) in [5.41, 5.74) is -0.362. The van der Waals surface area contributed by atoms with Gasteiger partial charge in [-0.05, 0) is 56.3 Å². The summed E-state index contributed by atoms with van der Waals surface area (Å²) in [5.74, 6) is 2.12. The van der Waals surface area contributed by atoms with Crippen LogP contribution in [0.15, 0.2) is 0 Å². The minimum Gasteiger partial charge on any atom is -0.219 e. The van der Waals surface area contributed by atoms with Crippen molar-refractivity contribution in [2.75, 3.05) is 21.1 Å². The Labute approximate surface area is 110 Å². The molecule has 0 atom stereocenters. The van der Waals surface area contributed by atoms with Crippen LogP contribution in [-0.2, 0) is 14.5 Å². The highest BCUT2D eigenvalue weighted by Gasteiger charge is 2.55. The second-order valence-corrected chi connectivity index (χ2v) is 9.62. The van der Waals surface area contributed by atoms with Crippen LogP contribution >= 0.6 is 0 Å². The summed E-state index contributed by atoms with van der Waals surface area (Å²) < 4.78 is 30.2. The van der Waals surface area contributed by atoms with Crippen molar-refractivity contribution < 1.29 is 16.5 Å². The molecule has 0 aromatic rings. The fraction of sp³-hybridized carbons (Fsp3) is 1.00. The summed E-state index contributed by atoms with van der Waals surface area (Å²) in [6.45, 7) is 0. The first-order chi connectivity index (χ1) is 8.19. The van der Waals surface area contributed by atoms with E-state index in [1.807, 2.05) is 0 Å². The van der Waals surface area contributed by atoms with Crippen molar-refractivity contribution in [1.82, 2.24) is 0 Å². The molecular weight excluding hydrogens is 250 g/mol. The van der Waals surface area contributed by atoms with E-state index in [2.05, 4.69) is 0 Å². The minimum absolute atomic E-state index is 0.144. The molecule has 4 saturated carbocycles. The first-order valence-corrected chi connectivity index (χ1v) is 8.33. The Hall–Kier alpha value is -0.130. The summed E-state index contributed by atoms with van der Waals surface area (Å²) in [7, 11) is 1.46. The Bertz CT molecular complexity index is 414. The van der Waals surface area contributed by atoms with Crippen LogP contribution in [0.4, 0.5) is 0 Å². The van der Waals surface area contributed by atoms with Gasteiger partial charge < -0.3 is 0 Å². The fourth-order valence-electron chi connectivity index (χ4n) is 4.47. The third kappa shape index (κ3) is 2.00. The van der Waals surface area contributed by atoms with Gasteiger partial charge in [0.15, 0.2) is 0 Å². The first kappa shape index (κ1) is 12.9. The SMILES string of the molecule is C[N+](C)(C)S(=O)(=O)OC12CC3CC(CC(C3)C1)C2. The van der Waals surface area contributed by atoms with E-state index in [9.17, 15) is 8.42 Å². The zero-order chi connectivity index (χ0) is 13.2. The molecule has 4 rings (SSSR count).